The van der Waals surface area contributed by atoms with E-state index >= 15 is 0 Å². The zero-order valence-corrected chi connectivity index (χ0v) is 5.06. The summed E-state index contributed by atoms with van der Waals surface area (Å²) in [5, 5.41) is 0. The second-order valence-electron chi connectivity index (χ2n) is 1.03. The van der Waals surface area contributed by atoms with Gasteiger partial charge in [0, 0.05) is 8.81 Å². The van der Waals surface area contributed by atoms with Gasteiger partial charge in [0.05, 0.1) is 0 Å². The molecule has 6 heavy (non-hydrogen) atoms. The van der Waals surface area contributed by atoms with Crippen LogP contribution in [0.4, 0.5) is 0 Å². The summed E-state index contributed by atoms with van der Waals surface area (Å²) < 4.78 is 4.85. The topological polar surface area (TPSA) is 35.2 Å². The van der Waals surface area contributed by atoms with E-state index in [0.717, 1.165) is 0 Å². The zero-order valence-electron chi connectivity index (χ0n) is 4.06. The summed E-state index contributed by atoms with van der Waals surface area (Å²) in [5.41, 5.74) is 5.19. The Morgan fingerprint density at radius 2 is 2.33 bits per heavy atom. The van der Waals surface area contributed by atoms with Gasteiger partial charge in [0.25, 0.3) is 0 Å². The molecule has 0 aliphatic rings. The Kier molecular flexibility index (Phi) is 3.74. The predicted octanol–water partition coefficient (Wildman–Crippen LogP) is 0.531. The lowest BCUT2D eigenvalue weighted by Gasteiger charge is -2.00. The van der Waals surface area contributed by atoms with Crippen molar-refractivity contribution in [2.45, 2.75) is 13.2 Å². The molecule has 0 aromatic heterocycles. The average molecular weight is 107 g/mol. The van der Waals surface area contributed by atoms with E-state index in [0.29, 0.717) is 8.81 Å². The molecule has 2 atom stereocenters. The molecule has 0 amide bonds. The second kappa shape index (κ2) is 3.54. The molecular weight excluding hydrogens is 97.0 g/mol. The van der Waals surface area contributed by atoms with Crippen molar-refractivity contribution in [3.05, 3.63) is 0 Å². The van der Waals surface area contributed by atoms with Crippen molar-refractivity contribution in [3.63, 3.8) is 0 Å². The Hall–Kier alpha value is 0.350. The fourth-order valence-corrected chi connectivity index (χ4v) is 0.558. The summed E-state index contributed by atoms with van der Waals surface area (Å²) in [6.45, 7) is 3.76. The van der Waals surface area contributed by atoms with Gasteiger partial charge in [0.2, 0.25) is 0 Å². The van der Waals surface area contributed by atoms with Crippen molar-refractivity contribution < 1.29 is 4.52 Å². The van der Waals surface area contributed by atoms with Crippen LogP contribution in [0, 0.1) is 0 Å². The smallest absolute Gasteiger partial charge is 0.106 e. The van der Waals surface area contributed by atoms with Crippen LogP contribution in [0.25, 0.3) is 0 Å². The maximum absolute atomic E-state index is 5.19. The number of nitrogens with two attached hydrogens (primary N) is 1. The summed E-state index contributed by atoms with van der Waals surface area (Å²) in [6.07, 6.45) is -0.0895. The van der Waals surface area contributed by atoms with Crippen LogP contribution in [0.2, 0.25) is 0 Å². The highest BCUT2D eigenvalue weighted by Crippen LogP contribution is 2.04. The largest absolute Gasteiger partial charge is 0.345 e. The van der Waals surface area contributed by atoms with Crippen molar-refractivity contribution in [1.29, 1.82) is 0 Å². The lowest BCUT2D eigenvalue weighted by molar-refractivity contribution is 0.267. The van der Waals surface area contributed by atoms with E-state index in [-0.39, 0.29) is 6.23 Å². The van der Waals surface area contributed by atoms with Gasteiger partial charge in [0.1, 0.15) is 6.23 Å². The van der Waals surface area contributed by atoms with E-state index in [1.54, 1.807) is 0 Å². The van der Waals surface area contributed by atoms with Crippen LogP contribution in [0.5, 0.6) is 0 Å². The number of hydrogen-bond acceptors (Lipinski definition) is 2. The van der Waals surface area contributed by atoms with E-state index in [2.05, 4.69) is 0 Å². The molecule has 2 unspecified atom stereocenters. The lowest BCUT2D eigenvalue weighted by atomic mass is 10.7. The fraction of sp³-hybridized carbons (Fsp3) is 1.00. The molecule has 0 aromatic carbocycles. The van der Waals surface area contributed by atoms with Crippen LogP contribution in [-0.2, 0) is 4.52 Å². The van der Waals surface area contributed by atoms with E-state index in [1.807, 2.05) is 13.6 Å². The molecule has 0 bridgehead atoms. The molecule has 2 nitrogen and oxygen atoms in total. The molecule has 0 aliphatic heterocycles. The molecule has 0 aliphatic carbocycles. The molecule has 0 heterocycles. The van der Waals surface area contributed by atoms with E-state index in [1.165, 1.54) is 0 Å². The van der Waals surface area contributed by atoms with Gasteiger partial charge in [-0.05, 0) is 13.6 Å². The van der Waals surface area contributed by atoms with Gasteiger partial charge < -0.3 is 10.3 Å². The van der Waals surface area contributed by atoms with E-state index < -0.39 is 0 Å². The normalized spacial score (nSPS) is 16.5. The Bertz CT molecular complexity index is 32.0. The summed E-state index contributed by atoms with van der Waals surface area (Å²) in [4.78, 5) is 0. The lowest BCUT2D eigenvalue weighted by Crippen LogP contribution is -2.14. The highest BCUT2D eigenvalue weighted by atomic mass is 31.1. The van der Waals surface area contributed by atoms with Gasteiger partial charge in [-0.1, -0.05) is 0 Å². The van der Waals surface area contributed by atoms with Crippen molar-refractivity contribution in [2.24, 2.45) is 5.73 Å². The van der Waals surface area contributed by atoms with Crippen molar-refractivity contribution in [1.82, 2.24) is 0 Å². The molecule has 3 heteroatoms. The third-order valence-electron chi connectivity index (χ3n) is 0.304. The quantitative estimate of drug-likeness (QED) is 0.412. The number of rotatable bonds is 2. The maximum Gasteiger partial charge on any atom is 0.106 e. The first kappa shape index (κ1) is 6.35. The molecule has 0 spiro atoms. The van der Waals surface area contributed by atoms with Crippen LogP contribution in [-0.4, -0.2) is 12.9 Å². The molecular formula is C3H10NOP. The first-order valence-electron chi connectivity index (χ1n) is 1.85. The Morgan fingerprint density at radius 3 is 2.33 bits per heavy atom. The minimum absolute atomic E-state index is 0.0895. The van der Waals surface area contributed by atoms with Crippen molar-refractivity contribution in [3.8, 4) is 0 Å². The fourth-order valence-electron chi connectivity index (χ4n) is 0.186. The van der Waals surface area contributed by atoms with Crippen LogP contribution in [0.15, 0.2) is 0 Å². The molecule has 0 fully saturated rings. The minimum Gasteiger partial charge on any atom is -0.345 e. The summed E-state index contributed by atoms with van der Waals surface area (Å²) in [7, 11) is 0.513. The zero-order chi connectivity index (χ0) is 4.99. The van der Waals surface area contributed by atoms with E-state index in [9.17, 15) is 0 Å². The predicted molar refractivity (Wildman–Crippen MR) is 29.0 cm³/mol. The van der Waals surface area contributed by atoms with Crippen LogP contribution in [0.1, 0.15) is 6.92 Å². The molecule has 0 rings (SSSR count). The number of hydrogen-bond donors (Lipinski definition) is 1. The summed E-state index contributed by atoms with van der Waals surface area (Å²) in [5.74, 6) is 0. The summed E-state index contributed by atoms with van der Waals surface area (Å²) >= 11 is 0. The van der Waals surface area contributed by atoms with Gasteiger partial charge in [-0.25, -0.2) is 0 Å². The Labute approximate surface area is 39.9 Å². The first-order chi connectivity index (χ1) is 2.77. The van der Waals surface area contributed by atoms with Gasteiger partial charge in [-0.2, -0.15) is 0 Å². The SMILES string of the molecule is CPOC(C)N. The van der Waals surface area contributed by atoms with Gasteiger partial charge >= 0.3 is 0 Å². The van der Waals surface area contributed by atoms with Crippen molar-refractivity contribution in [2.75, 3.05) is 6.66 Å². The molecule has 0 saturated heterocycles. The van der Waals surface area contributed by atoms with E-state index in [4.69, 9.17) is 10.3 Å². The van der Waals surface area contributed by atoms with Crippen LogP contribution >= 0.6 is 8.81 Å². The molecule has 0 radical (unpaired) electrons. The maximum atomic E-state index is 5.19. The molecule has 38 valence electrons. The van der Waals surface area contributed by atoms with Gasteiger partial charge in [-0.3, -0.25) is 0 Å². The average Bonchev–Trinajstić information content (AvgIpc) is 1.35. The third-order valence-corrected chi connectivity index (χ3v) is 0.911. The van der Waals surface area contributed by atoms with Crippen LogP contribution in [0.3, 0.4) is 0 Å². The standard InChI is InChI=1S/C3H10NOP/c1-3(4)5-6-2/h3,6H,4H2,1-2H3. The highest BCUT2D eigenvalue weighted by Gasteiger charge is 1.83. The Morgan fingerprint density at radius 1 is 1.83 bits per heavy atom. The highest BCUT2D eigenvalue weighted by molar-refractivity contribution is 7.31. The molecule has 0 saturated carbocycles. The third kappa shape index (κ3) is 4.35. The van der Waals surface area contributed by atoms with Crippen LogP contribution < -0.4 is 5.73 Å². The van der Waals surface area contributed by atoms with Crippen molar-refractivity contribution >= 4 is 8.81 Å². The Balaban J connectivity index is 2.63. The summed E-state index contributed by atoms with van der Waals surface area (Å²) in [6, 6.07) is 0. The van der Waals surface area contributed by atoms with Gasteiger partial charge in [-0.15, -0.1) is 0 Å². The monoisotopic (exact) mass is 107 g/mol. The van der Waals surface area contributed by atoms with Gasteiger partial charge in [0.15, 0.2) is 0 Å². The first-order valence-corrected chi connectivity index (χ1v) is 3.26. The molecule has 0 aromatic rings. The second-order valence-corrected chi connectivity index (χ2v) is 1.67. The minimum atomic E-state index is -0.0895. The molecule has 2 N–H and O–H groups in total.